The molecule has 0 unspecified atom stereocenters. The van der Waals surface area contributed by atoms with Crippen molar-refractivity contribution in [1.82, 2.24) is 4.90 Å². The molecule has 1 aromatic rings. The summed E-state index contributed by atoms with van der Waals surface area (Å²) in [5.74, 6) is -0.579. The minimum absolute atomic E-state index is 0.0203. The molecule has 0 spiro atoms. The number of rotatable bonds is 6. The molecule has 0 saturated carbocycles. The average Bonchev–Trinajstić information content (AvgIpc) is 3.14. The molecule has 158 valence electrons. The van der Waals surface area contributed by atoms with E-state index in [9.17, 15) is 14.4 Å². The Morgan fingerprint density at radius 3 is 2.55 bits per heavy atom. The van der Waals surface area contributed by atoms with Crippen molar-refractivity contribution in [2.45, 2.75) is 19.4 Å². The summed E-state index contributed by atoms with van der Waals surface area (Å²) in [7, 11) is 3.05. The van der Waals surface area contributed by atoms with Crippen molar-refractivity contribution in [3.05, 3.63) is 18.2 Å². The van der Waals surface area contributed by atoms with E-state index in [-0.39, 0.29) is 24.8 Å². The fourth-order valence-electron chi connectivity index (χ4n) is 3.47. The molecule has 0 aromatic heterocycles. The Balaban J connectivity index is 1.63. The molecule has 0 aliphatic carbocycles. The highest BCUT2D eigenvalue weighted by atomic mass is 16.5. The summed E-state index contributed by atoms with van der Waals surface area (Å²) in [6.45, 7) is 3.63. The van der Waals surface area contributed by atoms with Gasteiger partial charge in [-0.05, 0) is 19.1 Å². The van der Waals surface area contributed by atoms with Crippen LogP contribution in [0.15, 0.2) is 18.2 Å². The van der Waals surface area contributed by atoms with Crippen LogP contribution >= 0.6 is 0 Å². The predicted molar refractivity (Wildman–Crippen MR) is 103 cm³/mol. The lowest BCUT2D eigenvalue weighted by molar-refractivity contribution is -0.163. The lowest BCUT2D eigenvalue weighted by Crippen LogP contribution is -2.46. The molecule has 1 aromatic carbocycles. The molecular weight excluding hydrogens is 380 g/mol. The highest BCUT2D eigenvalue weighted by Gasteiger charge is 2.38. The van der Waals surface area contributed by atoms with E-state index in [1.165, 1.54) is 12.0 Å². The monoisotopic (exact) mass is 406 g/mol. The summed E-state index contributed by atoms with van der Waals surface area (Å²) in [4.78, 5) is 40.6. The van der Waals surface area contributed by atoms with Gasteiger partial charge in [0.25, 0.3) is 5.91 Å². The summed E-state index contributed by atoms with van der Waals surface area (Å²) in [5, 5.41) is 0. The fraction of sp³-hybridized carbons (Fsp3) is 0.550. The maximum atomic E-state index is 12.6. The third-order valence-electron chi connectivity index (χ3n) is 5.10. The molecule has 0 N–H and O–H groups in total. The average molecular weight is 406 g/mol. The van der Waals surface area contributed by atoms with E-state index in [4.69, 9.17) is 18.9 Å². The minimum Gasteiger partial charge on any atom is -0.497 e. The Morgan fingerprint density at radius 2 is 1.90 bits per heavy atom. The first-order chi connectivity index (χ1) is 13.9. The fourth-order valence-corrected chi connectivity index (χ4v) is 3.47. The van der Waals surface area contributed by atoms with Crippen LogP contribution in [0.3, 0.4) is 0 Å². The smallest absolute Gasteiger partial charge is 0.312 e. The molecule has 2 aliphatic heterocycles. The van der Waals surface area contributed by atoms with Gasteiger partial charge in [-0.15, -0.1) is 0 Å². The summed E-state index contributed by atoms with van der Waals surface area (Å²) >= 11 is 0. The molecule has 2 atom stereocenters. The third kappa shape index (κ3) is 4.61. The van der Waals surface area contributed by atoms with Crippen LogP contribution < -0.4 is 14.4 Å². The van der Waals surface area contributed by atoms with Crippen molar-refractivity contribution in [2.24, 2.45) is 5.92 Å². The molecule has 29 heavy (non-hydrogen) atoms. The normalized spacial score (nSPS) is 20.4. The zero-order chi connectivity index (χ0) is 21.0. The highest BCUT2D eigenvalue weighted by Crippen LogP contribution is 2.36. The van der Waals surface area contributed by atoms with Gasteiger partial charge in [-0.3, -0.25) is 14.4 Å². The molecule has 0 radical (unpaired) electrons. The van der Waals surface area contributed by atoms with Gasteiger partial charge in [-0.25, -0.2) is 0 Å². The van der Waals surface area contributed by atoms with E-state index in [1.54, 1.807) is 37.1 Å². The van der Waals surface area contributed by atoms with Crippen molar-refractivity contribution >= 4 is 23.5 Å². The van der Waals surface area contributed by atoms with E-state index in [2.05, 4.69) is 0 Å². The summed E-state index contributed by atoms with van der Waals surface area (Å²) in [6.07, 6.45) is -0.882. The van der Waals surface area contributed by atoms with Crippen molar-refractivity contribution in [2.75, 3.05) is 52.0 Å². The van der Waals surface area contributed by atoms with Gasteiger partial charge in [0, 0.05) is 32.1 Å². The summed E-state index contributed by atoms with van der Waals surface area (Å²) < 4.78 is 21.1. The molecule has 2 saturated heterocycles. The maximum absolute atomic E-state index is 12.6. The third-order valence-corrected chi connectivity index (χ3v) is 5.10. The molecule has 2 fully saturated rings. The standard InChI is InChI=1S/C20H26N2O7/c1-13(19(24)21-6-8-28-9-7-21)29-20(25)14-10-18(23)22(12-14)16-5-4-15(26-2)11-17(16)27-3/h4-5,11,13-14H,6-10,12H2,1-3H3/t13-,14-/m1/s1. The number of morpholine rings is 1. The second-order valence-corrected chi connectivity index (χ2v) is 6.96. The van der Waals surface area contributed by atoms with Crippen molar-refractivity contribution in [3.63, 3.8) is 0 Å². The van der Waals surface area contributed by atoms with Gasteiger partial charge in [0.2, 0.25) is 5.91 Å². The summed E-state index contributed by atoms with van der Waals surface area (Å²) in [5.41, 5.74) is 0.561. The predicted octanol–water partition coefficient (Wildman–Crippen LogP) is 0.847. The quantitative estimate of drug-likeness (QED) is 0.647. The Hall–Kier alpha value is -2.81. The molecular formula is C20H26N2O7. The van der Waals surface area contributed by atoms with Crippen LogP contribution in [0.5, 0.6) is 11.5 Å². The first-order valence-corrected chi connectivity index (χ1v) is 9.54. The highest BCUT2D eigenvalue weighted by molar-refractivity contribution is 6.01. The van der Waals surface area contributed by atoms with Crippen LogP contribution in [-0.2, 0) is 23.9 Å². The van der Waals surface area contributed by atoms with E-state index in [1.807, 2.05) is 0 Å². The number of anilines is 1. The number of ether oxygens (including phenoxy) is 4. The Bertz CT molecular complexity index is 776. The van der Waals surface area contributed by atoms with Gasteiger partial charge in [0.15, 0.2) is 6.10 Å². The number of esters is 1. The topological polar surface area (TPSA) is 94.6 Å². The van der Waals surface area contributed by atoms with Crippen molar-refractivity contribution in [1.29, 1.82) is 0 Å². The van der Waals surface area contributed by atoms with Crippen LogP contribution in [0.25, 0.3) is 0 Å². The van der Waals surface area contributed by atoms with Crippen LogP contribution in [-0.4, -0.2) is 75.9 Å². The van der Waals surface area contributed by atoms with Crippen LogP contribution in [0, 0.1) is 5.92 Å². The molecule has 3 rings (SSSR count). The zero-order valence-corrected chi connectivity index (χ0v) is 16.9. The number of amides is 2. The van der Waals surface area contributed by atoms with Crippen molar-refractivity contribution < 1.29 is 33.3 Å². The largest absolute Gasteiger partial charge is 0.497 e. The van der Waals surface area contributed by atoms with Gasteiger partial charge >= 0.3 is 5.97 Å². The Kier molecular flexibility index (Phi) is 6.58. The van der Waals surface area contributed by atoms with Gasteiger partial charge in [-0.2, -0.15) is 0 Å². The number of hydrogen-bond acceptors (Lipinski definition) is 7. The number of carbonyl (C=O) groups excluding carboxylic acids is 3. The number of methoxy groups -OCH3 is 2. The molecule has 2 aliphatic rings. The molecule has 9 nitrogen and oxygen atoms in total. The number of benzene rings is 1. The molecule has 0 bridgehead atoms. The second kappa shape index (κ2) is 9.13. The maximum Gasteiger partial charge on any atom is 0.312 e. The zero-order valence-electron chi connectivity index (χ0n) is 16.9. The molecule has 2 heterocycles. The SMILES string of the molecule is COc1ccc(N2C[C@H](C(=O)O[C@H](C)C(=O)N3CCOCC3)CC2=O)c(OC)c1. The van der Waals surface area contributed by atoms with E-state index < -0.39 is 18.0 Å². The Morgan fingerprint density at radius 1 is 1.17 bits per heavy atom. The van der Waals surface area contributed by atoms with Gasteiger partial charge in [-0.1, -0.05) is 0 Å². The number of carbonyl (C=O) groups is 3. The lowest BCUT2D eigenvalue weighted by atomic mass is 10.1. The van der Waals surface area contributed by atoms with Crippen LogP contribution in [0.2, 0.25) is 0 Å². The van der Waals surface area contributed by atoms with E-state index in [0.717, 1.165) is 0 Å². The molecule has 2 amide bonds. The van der Waals surface area contributed by atoms with Gasteiger partial charge in [0.05, 0.1) is 39.0 Å². The van der Waals surface area contributed by atoms with Gasteiger partial charge in [0.1, 0.15) is 11.5 Å². The van der Waals surface area contributed by atoms with Crippen LogP contribution in [0.1, 0.15) is 13.3 Å². The Labute approximate surface area is 169 Å². The first kappa shape index (κ1) is 20.9. The summed E-state index contributed by atoms with van der Waals surface area (Å²) in [6, 6.07) is 5.12. The lowest BCUT2D eigenvalue weighted by Gasteiger charge is -2.29. The minimum atomic E-state index is -0.903. The first-order valence-electron chi connectivity index (χ1n) is 9.54. The van der Waals surface area contributed by atoms with Crippen LogP contribution in [0.4, 0.5) is 5.69 Å². The van der Waals surface area contributed by atoms with Crippen molar-refractivity contribution in [3.8, 4) is 11.5 Å². The van der Waals surface area contributed by atoms with E-state index in [0.29, 0.717) is 43.5 Å². The number of nitrogens with zero attached hydrogens (tertiary/aromatic N) is 2. The second-order valence-electron chi connectivity index (χ2n) is 6.96. The van der Waals surface area contributed by atoms with E-state index >= 15 is 0 Å². The van der Waals surface area contributed by atoms with Gasteiger partial charge < -0.3 is 28.7 Å². The number of hydrogen-bond donors (Lipinski definition) is 0. The molecule has 9 heteroatoms.